The summed E-state index contributed by atoms with van der Waals surface area (Å²) in [7, 11) is 0. The van der Waals surface area contributed by atoms with E-state index in [9.17, 15) is 4.79 Å². The number of amides is 1. The number of nitrogens with one attached hydrogen (secondary N) is 2. The van der Waals surface area contributed by atoms with Crippen molar-refractivity contribution in [3.05, 3.63) is 30.3 Å². The molecule has 0 fully saturated rings. The quantitative estimate of drug-likeness (QED) is 0.755. The molecule has 0 aliphatic carbocycles. The van der Waals surface area contributed by atoms with E-state index in [0.29, 0.717) is 5.75 Å². The molecule has 0 unspecified atom stereocenters. The van der Waals surface area contributed by atoms with Crippen LogP contribution in [-0.4, -0.2) is 27.4 Å². The zero-order valence-corrected chi connectivity index (χ0v) is 14.6. The van der Waals surface area contributed by atoms with Gasteiger partial charge in [0.15, 0.2) is 4.34 Å². The first-order chi connectivity index (χ1) is 10.5. The van der Waals surface area contributed by atoms with Gasteiger partial charge in [0.05, 0.1) is 5.75 Å². The minimum atomic E-state index is -0.168. The van der Waals surface area contributed by atoms with Gasteiger partial charge in [0.25, 0.3) is 0 Å². The van der Waals surface area contributed by atoms with Crippen LogP contribution >= 0.6 is 23.1 Å². The van der Waals surface area contributed by atoms with Gasteiger partial charge in [-0.25, -0.2) is 0 Å². The van der Waals surface area contributed by atoms with Crippen LogP contribution in [0, 0.1) is 0 Å². The first-order valence-electron chi connectivity index (χ1n) is 7.08. The molecule has 2 rings (SSSR count). The summed E-state index contributed by atoms with van der Waals surface area (Å²) in [5.74, 6) is 0.369. The van der Waals surface area contributed by atoms with E-state index in [2.05, 4.69) is 27.8 Å². The molecule has 2 N–H and O–H groups in total. The Kier molecular flexibility index (Phi) is 5.79. The zero-order valence-electron chi connectivity index (χ0n) is 12.9. The third-order valence-corrected chi connectivity index (χ3v) is 5.09. The monoisotopic (exact) mass is 336 g/mol. The van der Waals surface area contributed by atoms with Crippen LogP contribution in [0.15, 0.2) is 34.7 Å². The summed E-state index contributed by atoms with van der Waals surface area (Å²) in [6.45, 7) is 6.09. The first kappa shape index (κ1) is 16.8. The highest BCUT2D eigenvalue weighted by Crippen LogP contribution is 2.27. The fraction of sp³-hybridized carbons (Fsp3) is 0.400. The largest absolute Gasteiger partial charge is 0.351 e. The molecule has 1 heterocycles. The molecule has 22 heavy (non-hydrogen) atoms. The van der Waals surface area contributed by atoms with E-state index < -0.39 is 0 Å². The maximum absolute atomic E-state index is 11.9. The standard InChI is InChI=1S/C15H20N4OS2/c1-4-15(2,3)17-12(20)10-21-14-19-18-13(22-14)16-11-8-6-5-7-9-11/h5-9H,4,10H2,1-3H3,(H,16,18)(H,17,20). The summed E-state index contributed by atoms with van der Waals surface area (Å²) in [6.07, 6.45) is 0.896. The SMILES string of the molecule is CCC(C)(C)NC(=O)CSc1nnc(Nc2ccccc2)s1. The van der Waals surface area contributed by atoms with Gasteiger partial charge in [-0.05, 0) is 32.4 Å². The Morgan fingerprint density at radius 1 is 1.27 bits per heavy atom. The number of nitrogens with zero attached hydrogens (tertiary/aromatic N) is 2. The van der Waals surface area contributed by atoms with Gasteiger partial charge in [-0.3, -0.25) is 4.79 Å². The molecule has 0 bridgehead atoms. The number of benzene rings is 1. The van der Waals surface area contributed by atoms with Crippen LogP contribution in [0.1, 0.15) is 27.2 Å². The average Bonchev–Trinajstić information content (AvgIpc) is 2.93. The lowest BCUT2D eigenvalue weighted by Gasteiger charge is -2.24. The number of anilines is 2. The molecule has 0 spiro atoms. The number of aromatic nitrogens is 2. The maximum atomic E-state index is 11.9. The third kappa shape index (κ3) is 5.31. The van der Waals surface area contributed by atoms with Crippen molar-refractivity contribution in [1.29, 1.82) is 0 Å². The van der Waals surface area contributed by atoms with Crippen molar-refractivity contribution >= 4 is 39.8 Å². The Labute approximate surface area is 138 Å². The van der Waals surface area contributed by atoms with Crippen LogP contribution in [0.2, 0.25) is 0 Å². The highest BCUT2D eigenvalue weighted by molar-refractivity contribution is 8.01. The molecule has 5 nitrogen and oxygen atoms in total. The van der Waals surface area contributed by atoms with E-state index in [1.807, 2.05) is 44.2 Å². The van der Waals surface area contributed by atoms with E-state index >= 15 is 0 Å². The highest BCUT2D eigenvalue weighted by Gasteiger charge is 2.18. The van der Waals surface area contributed by atoms with Gasteiger partial charge < -0.3 is 10.6 Å². The van der Waals surface area contributed by atoms with Crippen molar-refractivity contribution in [3.63, 3.8) is 0 Å². The van der Waals surface area contributed by atoms with E-state index in [4.69, 9.17) is 0 Å². The second-order valence-electron chi connectivity index (χ2n) is 5.44. The van der Waals surface area contributed by atoms with Crippen molar-refractivity contribution in [2.45, 2.75) is 37.1 Å². The smallest absolute Gasteiger partial charge is 0.230 e. The second-order valence-corrected chi connectivity index (χ2v) is 7.64. The molecular formula is C15H20N4OS2. The van der Waals surface area contributed by atoms with E-state index in [0.717, 1.165) is 21.6 Å². The molecule has 0 atom stereocenters. The Morgan fingerprint density at radius 3 is 2.68 bits per heavy atom. The fourth-order valence-electron chi connectivity index (χ4n) is 1.59. The summed E-state index contributed by atoms with van der Waals surface area (Å²) < 4.78 is 0.780. The minimum Gasteiger partial charge on any atom is -0.351 e. The average molecular weight is 336 g/mol. The van der Waals surface area contributed by atoms with Crippen molar-refractivity contribution in [1.82, 2.24) is 15.5 Å². The van der Waals surface area contributed by atoms with E-state index in [-0.39, 0.29) is 11.4 Å². The maximum Gasteiger partial charge on any atom is 0.230 e. The molecule has 0 aliphatic rings. The Balaban J connectivity index is 1.83. The van der Waals surface area contributed by atoms with Crippen LogP contribution in [0.5, 0.6) is 0 Å². The lowest BCUT2D eigenvalue weighted by atomic mass is 10.0. The second kappa shape index (κ2) is 7.60. The van der Waals surface area contributed by atoms with Crippen LogP contribution in [-0.2, 0) is 4.79 Å². The molecule has 1 aromatic heterocycles. The predicted octanol–water partition coefficient (Wildman–Crippen LogP) is 3.68. The molecule has 0 saturated heterocycles. The Bertz CT molecular complexity index is 613. The molecule has 0 aliphatic heterocycles. The summed E-state index contributed by atoms with van der Waals surface area (Å²) >= 11 is 2.85. The number of para-hydroxylation sites is 1. The highest BCUT2D eigenvalue weighted by atomic mass is 32.2. The number of rotatable bonds is 7. The lowest BCUT2D eigenvalue weighted by Crippen LogP contribution is -2.43. The molecule has 118 valence electrons. The molecule has 1 aromatic carbocycles. The molecule has 0 radical (unpaired) electrons. The number of hydrogen-bond acceptors (Lipinski definition) is 6. The van der Waals surface area contributed by atoms with Gasteiger partial charge >= 0.3 is 0 Å². The van der Waals surface area contributed by atoms with Crippen molar-refractivity contribution in [2.24, 2.45) is 0 Å². The number of carbonyl (C=O) groups excluding carboxylic acids is 1. The predicted molar refractivity (Wildman–Crippen MR) is 92.9 cm³/mol. The van der Waals surface area contributed by atoms with Gasteiger partial charge in [0.1, 0.15) is 0 Å². The molecule has 0 saturated carbocycles. The zero-order chi connectivity index (χ0) is 16.0. The van der Waals surface area contributed by atoms with Crippen molar-refractivity contribution < 1.29 is 4.79 Å². The first-order valence-corrected chi connectivity index (χ1v) is 8.88. The van der Waals surface area contributed by atoms with Crippen molar-refractivity contribution in [2.75, 3.05) is 11.1 Å². The van der Waals surface area contributed by atoms with Crippen LogP contribution in [0.25, 0.3) is 0 Å². The van der Waals surface area contributed by atoms with Crippen LogP contribution in [0.4, 0.5) is 10.8 Å². The van der Waals surface area contributed by atoms with Gasteiger partial charge in [-0.1, -0.05) is 48.2 Å². The number of thioether (sulfide) groups is 1. The van der Waals surface area contributed by atoms with Gasteiger partial charge in [0.2, 0.25) is 11.0 Å². The molecule has 2 aromatic rings. The molecule has 7 heteroatoms. The summed E-state index contributed by atoms with van der Waals surface area (Å²) in [4.78, 5) is 11.9. The third-order valence-electron chi connectivity index (χ3n) is 3.12. The Morgan fingerprint density at radius 2 is 2.00 bits per heavy atom. The number of hydrogen-bond donors (Lipinski definition) is 2. The van der Waals surface area contributed by atoms with Gasteiger partial charge in [-0.2, -0.15) is 0 Å². The van der Waals surface area contributed by atoms with E-state index in [1.165, 1.54) is 23.1 Å². The normalized spacial score (nSPS) is 11.2. The summed E-state index contributed by atoms with van der Waals surface area (Å²) in [5, 5.41) is 15.1. The Hall–Kier alpha value is -1.60. The topological polar surface area (TPSA) is 66.9 Å². The fourth-order valence-corrected chi connectivity index (χ4v) is 3.16. The minimum absolute atomic E-state index is 0.0182. The molecular weight excluding hydrogens is 316 g/mol. The summed E-state index contributed by atoms with van der Waals surface area (Å²) in [5.41, 5.74) is 0.802. The van der Waals surface area contributed by atoms with E-state index in [1.54, 1.807) is 0 Å². The van der Waals surface area contributed by atoms with Crippen molar-refractivity contribution in [3.8, 4) is 0 Å². The lowest BCUT2D eigenvalue weighted by molar-refractivity contribution is -0.120. The van der Waals surface area contributed by atoms with Crippen LogP contribution in [0.3, 0.4) is 0 Å². The summed E-state index contributed by atoms with van der Waals surface area (Å²) in [6, 6.07) is 9.81. The van der Waals surface area contributed by atoms with Gasteiger partial charge in [-0.15, -0.1) is 10.2 Å². The van der Waals surface area contributed by atoms with Crippen LogP contribution < -0.4 is 10.6 Å². The number of carbonyl (C=O) groups is 1. The van der Waals surface area contributed by atoms with Gasteiger partial charge in [0, 0.05) is 11.2 Å². The molecule has 1 amide bonds.